The minimum atomic E-state index is -0.951. The van der Waals surface area contributed by atoms with Gasteiger partial charge in [0.15, 0.2) is 0 Å². The van der Waals surface area contributed by atoms with Crippen molar-refractivity contribution in [2.45, 2.75) is 18.9 Å². The maximum absolute atomic E-state index is 10.4. The molecule has 0 aromatic heterocycles. The molecule has 0 bridgehead atoms. The second kappa shape index (κ2) is 11.9. The fraction of sp³-hybridized carbons (Fsp3) is 0.833. The van der Waals surface area contributed by atoms with Gasteiger partial charge in [-0.3, -0.25) is 10.1 Å². The number of aliphatic carboxylic acids is 1. The van der Waals surface area contributed by atoms with Gasteiger partial charge in [-0.1, -0.05) is 0 Å². The molecule has 0 aliphatic rings. The minimum Gasteiger partial charge on any atom is -0.480 e. The molecule has 82 valence electrons. The predicted molar refractivity (Wildman–Crippen MR) is 54.4 cm³/mol. The van der Waals surface area contributed by atoms with E-state index in [1.165, 1.54) is 0 Å². The minimum absolute atomic E-state index is 0. The number of nitrogens with one attached hydrogen (secondary N) is 1. The van der Waals surface area contributed by atoms with Crippen molar-refractivity contribution in [1.82, 2.24) is 5.32 Å². The van der Waals surface area contributed by atoms with Gasteiger partial charge < -0.3 is 15.9 Å². The Labute approximate surface area is 89.5 Å². The highest BCUT2D eigenvalue weighted by molar-refractivity contribution is 5.85. The van der Waals surface area contributed by atoms with E-state index in [4.69, 9.17) is 15.9 Å². The summed E-state index contributed by atoms with van der Waals surface area (Å²) in [5, 5.41) is 19.3. The number of carboxylic acid groups (broad SMARTS) is 1. The molecule has 0 aromatic rings. The van der Waals surface area contributed by atoms with Gasteiger partial charge in [-0.15, -0.1) is 24.8 Å². The van der Waals surface area contributed by atoms with Gasteiger partial charge in [0.05, 0.1) is 6.73 Å². The van der Waals surface area contributed by atoms with Crippen LogP contribution in [0.4, 0.5) is 0 Å². The van der Waals surface area contributed by atoms with Crippen molar-refractivity contribution in [1.29, 1.82) is 0 Å². The monoisotopic (exact) mass is 234 g/mol. The molecule has 0 spiro atoms. The summed E-state index contributed by atoms with van der Waals surface area (Å²) in [4.78, 5) is 10.4. The van der Waals surface area contributed by atoms with E-state index >= 15 is 0 Å². The number of aliphatic hydroxyl groups excluding tert-OH is 1. The zero-order valence-corrected chi connectivity index (χ0v) is 8.74. The lowest BCUT2D eigenvalue weighted by molar-refractivity contribution is -0.140. The number of carboxylic acids is 1. The molecule has 5 nitrogen and oxygen atoms in total. The zero-order chi connectivity index (χ0) is 8.69. The Morgan fingerprint density at radius 1 is 1.46 bits per heavy atom. The van der Waals surface area contributed by atoms with Crippen molar-refractivity contribution in [3.8, 4) is 0 Å². The Morgan fingerprint density at radius 2 is 2.00 bits per heavy atom. The van der Waals surface area contributed by atoms with Crippen molar-refractivity contribution in [3.05, 3.63) is 0 Å². The Hall–Kier alpha value is -0.0700. The highest BCUT2D eigenvalue weighted by Gasteiger charge is 2.14. The fourth-order valence-corrected chi connectivity index (χ4v) is 0.745. The smallest absolute Gasteiger partial charge is 0.320 e. The average Bonchev–Trinajstić information content (AvgIpc) is 1.97. The van der Waals surface area contributed by atoms with Crippen molar-refractivity contribution >= 4 is 30.8 Å². The summed E-state index contributed by atoms with van der Waals surface area (Å²) >= 11 is 0. The molecule has 0 aliphatic heterocycles. The lowest BCUT2D eigenvalue weighted by Crippen LogP contribution is -2.37. The van der Waals surface area contributed by atoms with E-state index in [9.17, 15) is 4.79 Å². The van der Waals surface area contributed by atoms with Crippen LogP contribution in [0.15, 0.2) is 0 Å². The summed E-state index contributed by atoms with van der Waals surface area (Å²) in [6.07, 6.45) is 1.09. The number of nitrogens with two attached hydrogens (primary N) is 1. The van der Waals surface area contributed by atoms with Gasteiger partial charge in [0.2, 0.25) is 0 Å². The van der Waals surface area contributed by atoms with E-state index in [0.717, 1.165) is 0 Å². The van der Waals surface area contributed by atoms with E-state index in [2.05, 4.69) is 5.32 Å². The molecule has 5 N–H and O–H groups in total. The molecule has 0 rings (SSSR count). The SMILES string of the molecule is Cl.Cl.NCCCC(NCO)C(=O)O. The first kappa shape index (κ1) is 18.7. The van der Waals surface area contributed by atoms with E-state index in [-0.39, 0.29) is 31.5 Å². The quantitative estimate of drug-likeness (QED) is 0.468. The maximum atomic E-state index is 10.4. The third-order valence-corrected chi connectivity index (χ3v) is 1.33. The first-order valence-corrected chi connectivity index (χ1v) is 3.49. The summed E-state index contributed by atoms with van der Waals surface area (Å²) in [5.41, 5.74) is 5.19. The molecule has 0 amide bonds. The van der Waals surface area contributed by atoms with Crippen LogP contribution in [-0.4, -0.2) is 35.5 Å². The summed E-state index contributed by atoms with van der Waals surface area (Å²) in [5.74, 6) is -0.951. The van der Waals surface area contributed by atoms with Crippen LogP contribution in [0.1, 0.15) is 12.8 Å². The second-order valence-electron chi connectivity index (χ2n) is 2.18. The predicted octanol–water partition coefficient (Wildman–Crippen LogP) is -0.439. The largest absolute Gasteiger partial charge is 0.480 e. The van der Waals surface area contributed by atoms with Crippen LogP contribution >= 0.6 is 24.8 Å². The number of hydrogen-bond acceptors (Lipinski definition) is 4. The van der Waals surface area contributed by atoms with Gasteiger partial charge in [-0.25, -0.2) is 0 Å². The van der Waals surface area contributed by atoms with Gasteiger partial charge in [0, 0.05) is 0 Å². The summed E-state index contributed by atoms with van der Waals surface area (Å²) in [6.45, 7) is 0.151. The molecule has 1 atom stereocenters. The number of aliphatic hydroxyl groups is 1. The van der Waals surface area contributed by atoms with Crippen LogP contribution in [0, 0.1) is 0 Å². The van der Waals surface area contributed by atoms with Gasteiger partial charge in [0.1, 0.15) is 6.04 Å². The van der Waals surface area contributed by atoms with Crippen LogP contribution in [0.2, 0.25) is 0 Å². The highest BCUT2D eigenvalue weighted by Crippen LogP contribution is 1.95. The molecule has 0 saturated heterocycles. The number of halogens is 2. The fourth-order valence-electron chi connectivity index (χ4n) is 0.745. The number of hydrogen-bond donors (Lipinski definition) is 4. The Kier molecular flexibility index (Phi) is 17.1. The molecular weight excluding hydrogens is 219 g/mol. The van der Waals surface area contributed by atoms with Gasteiger partial charge in [0.25, 0.3) is 0 Å². The third-order valence-electron chi connectivity index (χ3n) is 1.33. The second-order valence-corrected chi connectivity index (χ2v) is 2.18. The summed E-state index contributed by atoms with van der Waals surface area (Å²) in [6, 6.07) is -0.677. The Bertz CT molecular complexity index is 126. The molecule has 0 fully saturated rings. The van der Waals surface area contributed by atoms with Crippen LogP contribution in [0.25, 0.3) is 0 Å². The van der Waals surface area contributed by atoms with E-state index < -0.39 is 12.0 Å². The molecular formula is C6H16Cl2N2O3. The molecule has 7 heteroatoms. The molecule has 1 unspecified atom stereocenters. The molecule has 0 radical (unpaired) electrons. The van der Waals surface area contributed by atoms with Gasteiger partial charge >= 0.3 is 5.97 Å². The maximum Gasteiger partial charge on any atom is 0.320 e. The van der Waals surface area contributed by atoms with Crippen LogP contribution in [0.5, 0.6) is 0 Å². The summed E-state index contributed by atoms with van der Waals surface area (Å²) < 4.78 is 0. The lowest BCUT2D eigenvalue weighted by Gasteiger charge is -2.10. The van der Waals surface area contributed by atoms with Gasteiger partial charge in [-0.2, -0.15) is 0 Å². The standard InChI is InChI=1S/C6H14N2O3.2ClH/c7-3-1-2-5(6(10)11)8-4-9;;/h5,8-9H,1-4,7H2,(H,10,11);2*1H. The molecule has 13 heavy (non-hydrogen) atoms. The van der Waals surface area contributed by atoms with Crippen molar-refractivity contribution in [2.24, 2.45) is 5.73 Å². The zero-order valence-electron chi connectivity index (χ0n) is 7.10. The van der Waals surface area contributed by atoms with Crippen molar-refractivity contribution in [2.75, 3.05) is 13.3 Å². The first-order valence-electron chi connectivity index (χ1n) is 3.49. The molecule has 0 saturated carbocycles. The Morgan fingerprint density at radius 3 is 2.31 bits per heavy atom. The molecule has 0 aliphatic carbocycles. The lowest BCUT2D eigenvalue weighted by atomic mass is 10.1. The number of rotatable bonds is 6. The van der Waals surface area contributed by atoms with Gasteiger partial charge in [-0.05, 0) is 19.4 Å². The topological polar surface area (TPSA) is 95.6 Å². The third kappa shape index (κ3) is 9.85. The average molecular weight is 235 g/mol. The van der Waals surface area contributed by atoms with E-state index in [1.807, 2.05) is 0 Å². The Balaban J connectivity index is -0.000000500. The molecule has 0 aromatic carbocycles. The first-order chi connectivity index (χ1) is 5.22. The van der Waals surface area contributed by atoms with Crippen LogP contribution < -0.4 is 11.1 Å². The van der Waals surface area contributed by atoms with E-state index in [0.29, 0.717) is 19.4 Å². The number of carbonyl (C=O) groups is 1. The van der Waals surface area contributed by atoms with Crippen molar-refractivity contribution < 1.29 is 15.0 Å². The van der Waals surface area contributed by atoms with Crippen molar-refractivity contribution in [3.63, 3.8) is 0 Å². The normalized spacial score (nSPS) is 10.9. The van der Waals surface area contributed by atoms with Crippen LogP contribution in [0.3, 0.4) is 0 Å². The highest BCUT2D eigenvalue weighted by atomic mass is 35.5. The van der Waals surface area contributed by atoms with E-state index in [1.54, 1.807) is 0 Å². The molecule has 0 heterocycles. The summed E-state index contributed by atoms with van der Waals surface area (Å²) in [7, 11) is 0. The van der Waals surface area contributed by atoms with Crippen LogP contribution in [-0.2, 0) is 4.79 Å².